The lowest BCUT2D eigenvalue weighted by Gasteiger charge is -2.42. The number of imidazole rings is 1. The summed E-state index contributed by atoms with van der Waals surface area (Å²) < 4.78 is 42.9. The molecule has 0 aliphatic carbocycles. The van der Waals surface area contributed by atoms with Crippen LogP contribution >= 0.6 is 0 Å². The molecule has 0 radical (unpaired) electrons. The molecule has 5 rings (SSSR count). The molecule has 2 N–H and O–H groups in total. The Hall–Kier alpha value is -3.98. The molecule has 1 aromatic carbocycles. The Morgan fingerprint density at radius 1 is 1.15 bits per heavy atom. The van der Waals surface area contributed by atoms with Crippen molar-refractivity contribution >= 4 is 11.2 Å². The lowest BCUT2D eigenvalue weighted by atomic mass is 9.91. The maximum absolute atomic E-state index is 15.0. The summed E-state index contributed by atoms with van der Waals surface area (Å²) in [5.41, 5.74) is 9.51. The quantitative estimate of drug-likeness (QED) is 0.286. The van der Waals surface area contributed by atoms with Crippen LogP contribution in [0.3, 0.4) is 0 Å². The summed E-state index contributed by atoms with van der Waals surface area (Å²) in [6.07, 6.45) is 5.82. The zero-order valence-corrected chi connectivity index (χ0v) is 23.1. The number of pyridine rings is 1. The molecule has 11 heteroatoms. The molecule has 41 heavy (non-hydrogen) atoms. The van der Waals surface area contributed by atoms with Crippen LogP contribution < -0.4 is 10.6 Å². The number of ether oxygens (including phenoxy) is 2. The number of benzene rings is 1. The number of aromatic nitrogens is 4. The molecule has 4 heterocycles. The highest BCUT2D eigenvalue weighted by Gasteiger charge is 2.34. The Labute approximate surface area is 237 Å². The lowest BCUT2D eigenvalue weighted by molar-refractivity contribution is -0.00335. The lowest BCUT2D eigenvalue weighted by Crippen LogP contribution is -2.57. The number of anilines is 1. The van der Waals surface area contributed by atoms with E-state index < -0.39 is 11.6 Å². The van der Waals surface area contributed by atoms with Gasteiger partial charge in [-0.25, -0.2) is 18.3 Å². The molecule has 0 amide bonds. The van der Waals surface area contributed by atoms with E-state index in [2.05, 4.69) is 33.0 Å². The van der Waals surface area contributed by atoms with E-state index in [0.29, 0.717) is 49.5 Å². The van der Waals surface area contributed by atoms with Gasteiger partial charge in [-0.15, -0.1) is 0 Å². The van der Waals surface area contributed by atoms with Gasteiger partial charge in [-0.2, -0.15) is 10.4 Å². The van der Waals surface area contributed by atoms with Crippen molar-refractivity contribution in [1.29, 1.82) is 5.26 Å². The van der Waals surface area contributed by atoms with Gasteiger partial charge < -0.3 is 20.1 Å². The van der Waals surface area contributed by atoms with Crippen molar-refractivity contribution in [2.45, 2.75) is 45.4 Å². The van der Waals surface area contributed by atoms with Crippen LogP contribution in [-0.2, 0) is 22.5 Å². The van der Waals surface area contributed by atoms with Gasteiger partial charge >= 0.3 is 0 Å². The number of fused-ring (bicyclic) bond motifs is 1. The molecule has 1 aliphatic heterocycles. The predicted octanol–water partition coefficient (Wildman–Crippen LogP) is 4.28. The van der Waals surface area contributed by atoms with Gasteiger partial charge in [0.1, 0.15) is 17.5 Å². The van der Waals surface area contributed by atoms with E-state index in [1.54, 1.807) is 35.2 Å². The number of hydrogen-bond acceptors (Lipinski definition) is 8. The highest BCUT2D eigenvalue weighted by molar-refractivity contribution is 5.63. The maximum atomic E-state index is 15.0. The highest BCUT2D eigenvalue weighted by atomic mass is 19.1. The standard InChI is InChI=1S/C30H33F2N7O2/c1-3-40-18-20-11-23(31)29(24(32)12-20)26-6-5-22-15-36-28(39(22)37-26)13-21-14-35-9-7-27(21)38-16-19(2)30(25(34)17-38)41-10-4-8-33/h5-7,9,11-12,14-15,19,25,30H,3-4,10,13,16-18,34H2,1-2H3/t19-,25+,30-/m0/s1. The van der Waals surface area contributed by atoms with Crippen LogP contribution in [0.25, 0.3) is 16.8 Å². The van der Waals surface area contributed by atoms with E-state index in [1.165, 1.54) is 12.1 Å². The largest absolute Gasteiger partial charge is 0.377 e. The van der Waals surface area contributed by atoms with Crippen molar-refractivity contribution < 1.29 is 18.3 Å². The Morgan fingerprint density at radius 3 is 2.68 bits per heavy atom. The van der Waals surface area contributed by atoms with Gasteiger partial charge in [-0.1, -0.05) is 6.92 Å². The van der Waals surface area contributed by atoms with Crippen LogP contribution in [0.15, 0.2) is 48.9 Å². The van der Waals surface area contributed by atoms with Crippen LogP contribution in [0.1, 0.15) is 37.2 Å². The van der Waals surface area contributed by atoms with Crippen LogP contribution in [-0.4, -0.2) is 58.0 Å². The second-order valence-corrected chi connectivity index (χ2v) is 10.3. The molecular formula is C30H33F2N7O2. The minimum Gasteiger partial charge on any atom is -0.377 e. The third-order valence-corrected chi connectivity index (χ3v) is 7.30. The third-order valence-electron chi connectivity index (χ3n) is 7.30. The van der Waals surface area contributed by atoms with Crippen molar-refractivity contribution in [1.82, 2.24) is 19.6 Å². The molecule has 0 saturated carbocycles. The topological polar surface area (TPSA) is 115 Å². The van der Waals surface area contributed by atoms with E-state index in [-0.39, 0.29) is 35.9 Å². The summed E-state index contributed by atoms with van der Waals surface area (Å²) in [4.78, 5) is 11.1. The van der Waals surface area contributed by atoms with Crippen molar-refractivity contribution in [3.63, 3.8) is 0 Å². The van der Waals surface area contributed by atoms with Crippen molar-refractivity contribution in [3.05, 3.63) is 77.5 Å². The number of halogens is 2. The molecule has 0 spiro atoms. The number of nitrogens with two attached hydrogens (primary N) is 1. The molecule has 214 valence electrons. The number of nitrogens with zero attached hydrogens (tertiary/aromatic N) is 6. The molecule has 3 aromatic heterocycles. The molecule has 3 atom stereocenters. The normalized spacial score (nSPS) is 19.0. The number of rotatable bonds is 10. The van der Waals surface area contributed by atoms with Gasteiger partial charge in [0.25, 0.3) is 0 Å². The first-order valence-electron chi connectivity index (χ1n) is 13.7. The van der Waals surface area contributed by atoms with Gasteiger partial charge in [0.2, 0.25) is 0 Å². The average Bonchev–Trinajstić information content (AvgIpc) is 3.35. The second-order valence-electron chi connectivity index (χ2n) is 10.3. The first-order valence-corrected chi connectivity index (χ1v) is 13.7. The van der Waals surface area contributed by atoms with E-state index in [4.69, 9.17) is 20.5 Å². The van der Waals surface area contributed by atoms with E-state index in [1.807, 2.05) is 13.0 Å². The van der Waals surface area contributed by atoms with Crippen molar-refractivity contribution in [2.24, 2.45) is 11.7 Å². The van der Waals surface area contributed by atoms with E-state index >= 15 is 8.78 Å². The second kappa shape index (κ2) is 12.7. The van der Waals surface area contributed by atoms with Crippen LogP contribution in [0.2, 0.25) is 0 Å². The molecular weight excluding hydrogens is 528 g/mol. The Kier molecular flexibility index (Phi) is 8.83. The van der Waals surface area contributed by atoms with E-state index in [0.717, 1.165) is 17.8 Å². The summed E-state index contributed by atoms with van der Waals surface area (Å²) in [5, 5.41) is 13.4. The van der Waals surface area contributed by atoms with Crippen LogP contribution in [0.5, 0.6) is 0 Å². The number of hydrogen-bond donors (Lipinski definition) is 1. The summed E-state index contributed by atoms with van der Waals surface area (Å²) >= 11 is 0. The molecule has 1 aliphatic rings. The zero-order valence-electron chi connectivity index (χ0n) is 23.1. The molecule has 0 unspecified atom stereocenters. The fourth-order valence-electron chi connectivity index (χ4n) is 5.43. The fourth-order valence-corrected chi connectivity index (χ4v) is 5.43. The predicted molar refractivity (Wildman–Crippen MR) is 150 cm³/mol. The molecule has 1 fully saturated rings. The summed E-state index contributed by atoms with van der Waals surface area (Å²) in [6.45, 7) is 6.18. The number of piperidine rings is 1. The van der Waals surface area contributed by atoms with Gasteiger partial charge in [-0.05, 0) is 42.8 Å². The van der Waals surface area contributed by atoms with Gasteiger partial charge in [0, 0.05) is 61.7 Å². The monoisotopic (exact) mass is 561 g/mol. The molecule has 0 bridgehead atoms. The molecule has 1 saturated heterocycles. The zero-order chi connectivity index (χ0) is 28.9. The maximum Gasteiger partial charge on any atom is 0.135 e. The van der Waals surface area contributed by atoms with Gasteiger partial charge in [-0.3, -0.25) is 4.98 Å². The molecule has 9 nitrogen and oxygen atoms in total. The highest BCUT2D eigenvalue weighted by Crippen LogP contribution is 2.30. The first kappa shape index (κ1) is 28.5. The smallest absolute Gasteiger partial charge is 0.135 e. The Bertz CT molecular complexity index is 1520. The third kappa shape index (κ3) is 6.20. The SMILES string of the molecule is CCOCc1cc(F)c(-c2ccc3cnc(Cc4cnccc4N4C[C@@H](N)[C@@H](OCCC#N)[C@@H](C)C4)n3n2)c(F)c1. The van der Waals surface area contributed by atoms with Crippen LogP contribution in [0.4, 0.5) is 14.5 Å². The summed E-state index contributed by atoms with van der Waals surface area (Å²) in [6, 6.07) is 9.72. The summed E-state index contributed by atoms with van der Waals surface area (Å²) in [7, 11) is 0. The van der Waals surface area contributed by atoms with Crippen molar-refractivity contribution in [3.8, 4) is 17.3 Å². The molecule has 4 aromatic rings. The average molecular weight is 562 g/mol. The van der Waals surface area contributed by atoms with E-state index in [9.17, 15) is 0 Å². The minimum absolute atomic E-state index is 0.127. The number of nitriles is 1. The van der Waals surface area contributed by atoms with Gasteiger partial charge in [0.15, 0.2) is 0 Å². The first-order chi connectivity index (χ1) is 19.9. The van der Waals surface area contributed by atoms with Gasteiger partial charge in [0.05, 0.1) is 54.8 Å². The Balaban J connectivity index is 1.40. The Morgan fingerprint density at radius 2 is 1.95 bits per heavy atom. The van der Waals surface area contributed by atoms with Crippen molar-refractivity contribution in [2.75, 3.05) is 31.2 Å². The minimum atomic E-state index is -0.701. The van der Waals surface area contributed by atoms with Crippen LogP contribution in [0, 0.1) is 28.9 Å². The summed E-state index contributed by atoms with van der Waals surface area (Å²) in [5.74, 6) is -0.641. The fraction of sp³-hybridized carbons (Fsp3) is 0.400.